The molecule has 1 saturated heterocycles. The minimum absolute atomic E-state index is 0.333. The normalized spacial score (nSPS) is 15.6. The van der Waals surface area contributed by atoms with E-state index in [1.165, 1.54) is 11.8 Å². The van der Waals surface area contributed by atoms with Crippen LogP contribution in [0.4, 0.5) is 0 Å². The monoisotopic (exact) mass is 469 g/mol. The van der Waals surface area contributed by atoms with E-state index >= 15 is 0 Å². The summed E-state index contributed by atoms with van der Waals surface area (Å²) in [5.74, 6) is 1.43. The molecule has 168 valence electrons. The molecule has 0 aromatic heterocycles. The van der Waals surface area contributed by atoms with E-state index in [2.05, 4.69) is 11.0 Å². The number of ether oxygens (including phenoxy) is 1. The molecule has 0 spiro atoms. The zero-order valence-electron chi connectivity index (χ0n) is 18.2. The maximum atomic E-state index is 11.6. The van der Waals surface area contributed by atoms with E-state index in [-0.39, 0.29) is 0 Å². The third-order valence-corrected chi connectivity index (χ3v) is 7.32. The van der Waals surface area contributed by atoms with Crippen LogP contribution in [-0.4, -0.2) is 39.3 Å². The van der Waals surface area contributed by atoms with Crippen LogP contribution in [0.3, 0.4) is 0 Å². The third-order valence-electron chi connectivity index (χ3n) is 5.96. The molecule has 0 atom stereocenters. The predicted molar refractivity (Wildman–Crippen MR) is 130 cm³/mol. The van der Waals surface area contributed by atoms with Crippen molar-refractivity contribution in [2.75, 3.05) is 26.0 Å². The lowest BCUT2D eigenvalue weighted by Gasteiger charge is -2.31. The van der Waals surface area contributed by atoms with Gasteiger partial charge in [-0.25, -0.2) is 8.42 Å². The van der Waals surface area contributed by atoms with Crippen LogP contribution in [0.5, 0.6) is 5.75 Å². The van der Waals surface area contributed by atoms with Crippen LogP contribution in [0.15, 0.2) is 77.7 Å². The van der Waals surface area contributed by atoms with E-state index in [4.69, 9.17) is 16.3 Å². The topological polar surface area (TPSA) is 46.6 Å². The summed E-state index contributed by atoms with van der Waals surface area (Å²) in [6.45, 7) is 3.82. The van der Waals surface area contributed by atoms with Crippen LogP contribution in [0.2, 0.25) is 5.02 Å². The van der Waals surface area contributed by atoms with Gasteiger partial charge in [0.25, 0.3) is 0 Å². The van der Waals surface area contributed by atoms with Crippen molar-refractivity contribution in [3.8, 4) is 16.9 Å². The Labute approximate surface area is 195 Å². The molecule has 1 heterocycles. The maximum Gasteiger partial charge on any atom is 0.175 e. The molecule has 32 heavy (non-hydrogen) atoms. The van der Waals surface area contributed by atoms with E-state index in [9.17, 15) is 8.42 Å². The Bertz CT molecular complexity index is 1140. The first-order valence-corrected chi connectivity index (χ1v) is 13.1. The maximum absolute atomic E-state index is 11.6. The number of nitrogens with zero attached hydrogens (tertiary/aromatic N) is 1. The second-order valence-electron chi connectivity index (χ2n) is 8.48. The highest BCUT2D eigenvalue weighted by atomic mass is 35.5. The summed E-state index contributed by atoms with van der Waals surface area (Å²) in [6, 6.07) is 23.0. The molecule has 3 aromatic rings. The van der Waals surface area contributed by atoms with E-state index in [0.29, 0.717) is 10.8 Å². The van der Waals surface area contributed by atoms with Gasteiger partial charge in [0, 0.05) is 17.8 Å². The summed E-state index contributed by atoms with van der Waals surface area (Å²) >= 11 is 6.10. The van der Waals surface area contributed by atoms with Gasteiger partial charge in [0.05, 0.1) is 11.5 Å². The van der Waals surface area contributed by atoms with Crippen LogP contribution in [0, 0.1) is 5.92 Å². The molecule has 0 amide bonds. The first-order chi connectivity index (χ1) is 15.4. The minimum Gasteiger partial charge on any atom is -0.493 e. The van der Waals surface area contributed by atoms with Gasteiger partial charge in [-0.05, 0) is 84.9 Å². The Morgan fingerprint density at radius 1 is 0.938 bits per heavy atom. The first-order valence-electron chi connectivity index (χ1n) is 10.9. The molecule has 3 aromatic carbocycles. The molecule has 0 bridgehead atoms. The number of benzene rings is 3. The lowest BCUT2D eigenvalue weighted by Crippen LogP contribution is -2.35. The number of hydrogen-bond acceptors (Lipinski definition) is 4. The van der Waals surface area contributed by atoms with Crippen molar-refractivity contribution in [1.82, 2.24) is 4.90 Å². The Morgan fingerprint density at radius 3 is 2.16 bits per heavy atom. The van der Waals surface area contributed by atoms with Crippen molar-refractivity contribution < 1.29 is 13.2 Å². The molecule has 1 fully saturated rings. The zero-order valence-corrected chi connectivity index (χ0v) is 19.8. The second-order valence-corrected chi connectivity index (χ2v) is 10.9. The largest absolute Gasteiger partial charge is 0.493 e. The Kier molecular flexibility index (Phi) is 7.19. The second kappa shape index (κ2) is 10.1. The quantitative estimate of drug-likeness (QED) is 0.445. The summed E-state index contributed by atoms with van der Waals surface area (Å²) in [5.41, 5.74) is 3.28. The molecule has 4 nitrogen and oxygen atoms in total. The van der Waals surface area contributed by atoms with E-state index in [1.807, 2.05) is 54.6 Å². The molecular weight excluding hydrogens is 442 g/mol. The van der Waals surface area contributed by atoms with Crippen LogP contribution >= 0.6 is 11.6 Å². The van der Waals surface area contributed by atoms with Crippen molar-refractivity contribution >= 4 is 21.4 Å². The van der Waals surface area contributed by atoms with Crippen LogP contribution in [0.25, 0.3) is 11.1 Å². The fourth-order valence-electron chi connectivity index (χ4n) is 4.06. The molecule has 0 unspecified atom stereocenters. The smallest absolute Gasteiger partial charge is 0.175 e. The fourth-order valence-corrected chi connectivity index (χ4v) is 4.90. The van der Waals surface area contributed by atoms with Crippen LogP contribution in [-0.2, 0) is 16.4 Å². The summed E-state index contributed by atoms with van der Waals surface area (Å²) in [5, 5.41) is 0.794. The average Bonchev–Trinajstić information content (AvgIpc) is 2.79. The lowest BCUT2D eigenvalue weighted by atomic mass is 9.97. The molecule has 0 N–H and O–H groups in total. The van der Waals surface area contributed by atoms with E-state index in [0.717, 1.165) is 61.0 Å². The van der Waals surface area contributed by atoms with Crippen molar-refractivity contribution in [1.29, 1.82) is 0 Å². The van der Waals surface area contributed by atoms with Gasteiger partial charge in [-0.1, -0.05) is 48.0 Å². The molecule has 4 rings (SSSR count). The summed E-state index contributed by atoms with van der Waals surface area (Å²) in [6.07, 6.45) is 3.48. The highest BCUT2D eigenvalue weighted by molar-refractivity contribution is 7.90. The van der Waals surface area contributed by atoms with Gasteiger partial charge in [0.15, 0.2) is 9.84 Å². The number of rotatable bonds is 7. The van der Waals surface area contributed by atoms with Gasteiger partial charge in [0.1, 0.15) is 5.75 Å². The molecule has 1 aliphatic heterocycles. The van der Waals surface area contributed by atoms with Crippen molar-refractivity contribution in [3.05, 3.63) is 83.4 Å². The molecule has 6 heteroatoms. The SMILES string of the molecule is CS(=O)(=O)c1ccc(-c2ccc(OCC3CCN(Cc4cccc(Cl)c4)CC3)cc2)cc1. The van der Waals surface area contributed by atoms with Gasteiger partial charge in [0.2, 0.25) is 0 Å². The van der Waals surface area contributed by atoms with Crippen molar-refractivity contribution in [3.63, 3.8) is 0 Å². The molecule has 0 aliphatic carbocycles. The Hall–Kier alpha value is -2.34. The fraction of sp³-hybridized carbons (Fsp3) is 0.308. The zero-order chi connectivity index (χ0) is 22.6. The molecule has 1 aliphatic rings. The number of hydrogen-bond donors (Lipinski definition) is 0. The van der Waals surface area contributed by atoms with Gasteiger partial charge < -0.3 is 4.74 Å². The van der Waals surface area contributed by atoms with Crippen LogP contribution in [0.1, 0.15) is 18.4 Å². The highest BCUT2D eigenvalue weighted by Crippen LogP contribution is 2.25. The predicted octanol–water partition coefficient (Wildman–Crippen LogP) is 5.70. The third kappa shape index (κ3) is 6.12. The minimum atomic E-state index is -3.18. The van der Waals surface area contributed by atoms with Gasteiger partial charge in [-0.3, -0.25) is 4.90 Å². The Morgan fingerprint density at radius 2 is 1.56 bits per heavy atom. The summed E-state index contributed by atoms with van der Waals surface area (Å²) < 4.78 is 29.3. The van der Waals surface area contributed by atoms with Crippen molar-refractivity contribution in [2.24, 2.45) is 5.92 Å². The summed E-state index contributed by atoms with van der Waals surface area (Å²) in [7, 11) is -3.18. The van der Waals surface area contributed by atoms with Crippen molar-refractivity contribution in [2.45, 2.75) is 24.3 Å². The van der Waals surface area contributed by atoms with Crippen LogP contribution < -0.4 is 4.74 Å². The molecule has 0 saturated carbocycles. The average molecular weight is 470 g/mol. The standard InChI is InChI=1S/C26H28ClNO3S/c1-32(29,30)26-11-7-23(8-12-26)22-5-9-25(10-6-22)31-19-20-13-15-28(16-14-20)18-21-3-2-4-24(27)17-21/h2-12,17,20H,13-16,18-19H2,1H3. The number of piperidine rings is 1. The Balaban J connectivity index is 1.25. The number of sulfone groups is 1. The van der Waals surface area contributed by atoms with Gasteiger partial charge in [-0.2, -0.15) is 0 Å². The number of halogens is 1. The summed E-state index contributed by atoms with van der Waals surface area (Å²) in [4.78, 5) is 2.81. The van der Waals surface area contributed by atoms with E-state index in [1.54, 1.807) is 12.1 Å². The first kappa shape index (κ1) is 22.8. The van der Waals surface area contributed by atoms with Gasteiger partial charge in [-0.15, -0.1) is 0 Å². The van der Waals surface area contributed by atoms with Gasteiger partial charge >= 0.3 is 0 Å². The number of likely N-dealkylation sites (tertiary alicyclic amines) is 1. The molecular formula is C26H28ClNO3S. The molecule has 0 radical (unpaired) electrons. The van der Waals surface area contributed by atoms with E-state index < -0.39 is 9.84 Å². The highest BCUT2D eigenvalue weighted by Gasteiger charge is 2.20. The lowest BCUT2D eigenvalue weighted by molar-refractivity contribution is 0.137.